The third-order valence-corrected chi connectivity index (χ3v) is 3.11. The molecular formula is C8H19NO3S. The van der Waals surface area contributed by atoms with Crippen molar-refractivity contribution in [1.29, 1.82) is 0 Å². The lowest BCUT2D eigenvalue weighted by Gasteiger charge is -2.11. The van der Waals surface area contributed by atoms with E-state index in [-0.39, 0.29) is 11.9 Å². The lowest BCUT2D eigenvalue weighted by molar-refractivity contribution is 0.0744. The van der Waals surface area contributed by atoms with Crippen LogP contribution < -0.4 is 4.72 Å². The Morgan fingerprint density at radius 2 is 2.00 bits per heavy atom. The molecule has 0 bridgehead atoms. The first-order valence-corrected chi connectivity index (χ1v) is 6.26. The lowest BCUT2D eigenvalue weighted by atomic mass is 10.3. The smallest absolute Gasteiger partial charge is 0.211 e. The first-order valence-electron chi connectivity index (χ1n) is 4.60. The van der Waals surface area contributed by atoms with E-state index in [4.69, 9.17) is 4.74 Å². The number of nitrogens with one attached hydrogen (secondary N) is 1. The zero-order valence-corrected chi connectivity index (χ0v) is 9.36. The van der Waals surface area contributed by atoms with Crippen LogP contribution in [0.1, 0.15) is 27.2 Å². The Morgan fingerprint density at radius 3 is 2.46 bits per heavy atom. The van der Waals surface area contributed by atoms with E-state index < -0.39 is 10.0 Å². The second kappa shape index (κ2) is 6.34. The average molecular weight is 209 g/mol. The van der Waals surface area contributed by atoms with Crippen LogP contribution in [-0.2, 0) is 14.8 Å². The van der Waals surface area contributed by atoms with E-state index in [9.17, 15) is 8.42 Å². The van der Waals surface area contributed by atoms with Gasteiger partial charge in [0, 0.05) is 13.2 Å². The van der Waals surface area contributed by atoms with Gasteiger partial charge in [-0.3, -0.25) is 0 Å². The summed E-state index contributed by atoms with van der Waals surface area (Å²) in [5.41, 5.74) is 0. The first-order chi connectivity index (χ1) is 6.02. The van der Waals surface area contributed by atoms with Crippen LogP contribution >= 0.6 is 0 Å². The molecule has 1 unspecified atom stereocenters. The zero-order valence-electron chi connectivity index (χ0n) is 8.54. The quantitative estimate of drug-likeness (QED) is 0.673. The van der Waals surface area contributed by atoms with E-state index >= 15 is 0 Å². The maximum Gasteiger partial charge on any atom is 0.211 e. The molecule has 13 heavy (non-hydrogen) atoms. The summed E-state index contributed by atoms with van der Waals surface area (Å²) in [6.07, 6.45) is 0.557. The van der Waals surface area contributed by atoms with Crippen LogP contribution in [0, 0.1) is 0 Å². The van der Waals surface area contributed by atoms with Crippen molar-refractivity contribution in [3.63, 3.8) is 0 Å². The van der Waals surface area contributed by atoms with Crippen LogP contribution in [0.15, 0.2) is 0 Å². The average Bonchev–Trinajstić information content (AvgIpc) is 2.02. The predicted octanol–water partition coefficient (Wildman–Crippen LogP) is 0.741. The molecule has 0 rings (SSSR count). The highest BCUT2D eigenvalue weighted by molar-refractivity contribution is 7.89. The van der Waals surface area contributed by atoms with Crippen molar-refractivity contribution >= 4 is 10.0 Å². The highest BCUT2D eigenvalue weighted by Crippen LogP contribution is 1.99. The number of hydrogen-bond donors (Lipinski definition) is 1. The Morgan fingerprint density at radius 1 is 1.38 bits per heavy atom. The third-order valence-electron chi connectivity index (χ3n) is 1.61. The van der Waals surface area contributed by atoms with Gasteiger partial charge < -0.3 is 4.74 Å². The summed E-state index contributed by atoms with van der Waals surface area (Å²) < 4.78 is 30.0. The van der Waals surface area contributed by atoms with Crippen molar-refractivity contribution in [3.05, 3.63) is 0 Å². The molecule has 1 atom stereocenters. The molecule has 0 fully saturated rings. The fourth-order valence-corrected chi connectivity index (χ4v) is 2.21. The molecule has 4 nitrogen and oxygen atoms in total. The van der Waals surface area contributed by atoms with E-state index in [1.807, 2.05) is 13.8 Å². The van der Waals surface area contributed by atoms with E-state index in [0.717, 1.165) is 0 Å². The van der Waals surface area contributed by atoms with Crippen molar-refractivity contribution in [1.82, 2.24) is 4.72 Å². The normalized spacial score (nSPS) is 14.4. The van der Waals surface area contributed by atoms with Crippen molar-refractivity contribution < 1.29 is 13.2 Å². The second-order valence-corrected chi connectivity index (χ2v) is 4.80. The van der Waals surface area contributed by atoms with Crippen LogP contribution in [-0.4, -0.2) is 33.4 Å². The number of ether oxygens (including phenoxy) is 1. The van der Waals surface area contributed by atoms with Crippen molar-refractivity contribution in [3.8, 4) is 0 Å². The summed E-state index contributed by atoms with van der Waals surface area (Å²) in [5, 5.41) is 0. The Kier molecular flexibility index (Phi) is 6.28. The molecule has 80 valence electrons. The second-order valence-electron chi connectivity index (χ2n) is 2.87. The molecule has 0 heterocycles. The molecule has 0 saturated carbocycles. The fourth-order valence-electron chi connectivity index (χ4n) is 0.981. The highest BCUT2D eigenvalue weighted by atomic mass is 32.2. The summed E-state index contributed by atoms with van der Waals surface area (Å²) in [5.74, 6) is 0.141. The topological polar surface area (TPSA) is 55.4 Å². The van der Waals surface area contributed by atoms with Gasteiger partial charge in [0.05, 0.1) is 11.9 Å². The van der Waals surface area contributed by atoms with Gasteiger partial charge in [-0.1, -0.05) is 6.92 Å². The lowest BCUT2D eigenvalue weighted by Crippen LogP contribution is -2.28. The summed E-state index contributed by atoms with van der Waals surface area (Å²) in [4.78, 5) is 0. The van der Waals surface area contributed by atoms with Gasteiger partial charge in [-0.15, -0.1) is 0 Å². The van der Waals surface area contributed by atoms with Gasteiger partial charge in [0.15, 0.2) is 0 Å². The van der Waals surface area contributed by atoms with Gasteiger partial charge >= 0.3 is 0 Å². The summed E-state index contributed by atoms with van der Waals surface area (Å²) in [6, 6.07) is 0. The molecule has 0 aliphatic rings. The Labute approximate surface area is 80.7 Å². The fraction of sp³-hybridized carbons (Fsp3) is 1.00. The molecule has 0 aliphatic heterocycles. The van der Waals surface area contributed by atoms with Gasteiger partial charge in [0.1, 0.15) is 0 Å². The van der Waals surface area contributed by atoms with Gasteiger partial charge in [-0.05, 0) is 20.3 Å². The van der Waals surface area contributed by atoms with E-state index in [2.05, 4.69) is 4.72 Å². The minimum absolute atomic E-state index is 0.0124. The zero-order chi connectivity index (χ0) is 10.3. The number of hydrogen-bond acceptors (Lipinski definition) is 3. The molecular weight excluding hydrogens is 190 g/mol. The predicted molar refractivity (Wildman–Crippen MR) is 53.2 cm³/mol. The summed E-state index contributed by atoms with van der Waals surface area (Å²) in [7, 11) is -3.08. The highest BCUT2D eigenvalue weighted by Gasteiger charge is 2.10. The molecule has 0 saturated heterocycles. The SMILES string of the molecule is CCNS(=O)(=O)CCC(C)OCC. The largest absolute Gasteiger partial charge is 0.379 e. The van der Waals surface area contributed by atoms with Crippen LogP contribution in [0.5, 0.6) is 0 Å². The molecule has 0 aromatic carbocycles. The molecule has 0 aromatic heterocycles. The maximum absolute atomic E-state index is 11.2. The van der Waals surface area contributed by atoms with Crippen molar-refractivity contribution in [2.75, 3.05) is 18.9 Å². The van der Waals surface area contributed by atoms with Crippen molar-refractivity contribution in [2.45, 2.75) is 33.3 Å². The molecule has 5 heteroatoms. The summed E-state index contributed by atoms with van der Waals surface area (Å²) in [6.45, 7) is 6.62. The first kappa shape index (κ1) is 12.9. The molecule has 0 amide bonds. The maximum atomic E-state index is 11.2. The number of rotatable bonds is 7. The van der Waals surface area contributed by atoms with Gasteiger partial charge in [-0.25, -0.2) is 13.1 Å². The minimum Gasteiger partial charge on any atom is -0.379 e. The van der Waals surface area contributed by atoms with Crippen LogP contribution in [0.3, 0.4) is 0 Å². The van der Waals surface area contributed by atoms with Crippen LogP contribution in [0.2, 0.25) is 0 Å². The van der Waals surface area contributed by atoms with Gasteiger partial charge in [0.2, 0.25) is 10.0 Å². The monoisotopic (exact) mass is 209 g/mol. The Balaban J connectivity index is 3.74. The van der Waals surface area contributed by atoms with Crippen molar-refractivity contribution in [2.24, 2.45) is 0 Å². The Hall–Kier alpha value is -0.130. The molecule has 0 aliphatic carbocycles. The van der Waals surface area contributed by atoms with E-state index in [1.54, 1.807) is 6.92 Å². The van der Waals surface area contributed by atoms with E-state index in [0.29, 0.717) is 19.6 Å². The molecule has 0 radical (unpaired) electrons. The molecule has 0 aromatic rings. The Bertz CT molecular complexity index is 213. The number of sulfonamides is 1. The molecule has 0 spiro atoms. The van der Waals surface area contributed by atoms with Gasteiger partial charge in [-0.2, -0.15) is 0 Å². The van der Waals surface area contributed by atoms with E-state index in [1.165, 1.54) is 0 Å². The third kappa shape index (κ3) is 6.98. The standard InChI is InChI=1S/C8H19NO3S/c1-4-9-13(10,11)7-6-8(3)12-5-2/h8-9H,4-7H2,1-3H3. The van der Waals surface area contributed by atoms with Crippen LogP contribution in [0.25, 0.3) is 0 Å². The minimum atomic E-state index is -3.08. The summed E-state index contributed by atoms with van der Waals surface area (Å²) >= 11 is 0. The van der Waals surface area contributed by atoms with Crippen LogP contribution in [0.4, 0.5) is 0 Å². The van der Waals surface area contributed by atoms with Gasteiger partial charge in [0.25, 0.3) is 0 Å². The molecule has 1 N–H and O–H groups in total.